The maximum Gasteiger partial charge on any atom is 0.262 e. The van der Waals surface area contributed by atoms with Crippen LogP contribution >= 0.6 is 11.3 Å². The largest absolute Gasteiger partial charge is 0.494 e. The standard InChI is InChI=1S/C22H26N2O2S/c1-15-5-8-17(9-6-15)26-12-4-3-11-24-14-23-21-20(22(24)25)18-10-7-16(2)13-19(18)27-21/h5-6,8-9,14,16H,3-4,7,10-13H2,1-2H3/t16-/m1/s1. The highest BCUT2D eigenvalue weighted by Gasteiger charge is 2.23. The molecule has 0 fully saturated rings. The lowest BCUT2D eigenvalue weighted by Gasteiger charge is -2.17. The number of rotatable bonds is 6. The van der Waals surface area contributed by atoms with E-state index < -0.39 is 0 Å². The Morgan fingerprint density at radius 1 is 1.26 bits per heavy atom. The van der Waals surface area contributed by atoms with Gasteiger partial charge >= 0.3 is 0 Å². The van der Waals surface area contributed by atoms with Crippen LogP contribution in [0.5, 0.6) is 5.75 Å². The normalized spacial score (nSPS) is 16.4. The number of nitrogens with zero attached hydrogens (tertiary/aromatic N) is 2. The van der Waals surface area contributed by atoms with Crippen LogP contribution in [0.4, 0.5) is 0 Å². The van der Waals surface area contributed by atoms with E-state index in [1.54, 1.807) is 22.2 Å². The first-order valence-corrected chi connectivity index (χ1v) is 10.6. The van der Waals surface area contributed by atoms with E-state index in [1.165, 1.54) is 22.4 Å². The SMILES string of the molecule is Cc1ccc(OCCCCn2cnc3sc4c(c3c2=O)CC[C@@H](C)C4)cc1. The fraction of sp³-hybridized carbons (Fsp3) is 0.455. The van der Waals surface area contributed by atoms with Crippen LogP contribution in [-0.2, 0) is 19.4 Å². The van der Waals surface area contributed by atoms with Crippen LogP contribution in [0.1, 0.15) is 42.2 Å². The zero-order chi connectivity index (χ0) is 18.8. The topological polar surface area (TPSA) is 44.1 Å². The van der Waals surface area contributed by atoms with Gasteiger partial charge in [0, 0.05) is 11.4 Å². The van der Waals surface area contributed by atoms with E-state index in [2.05, 4.69) is 31.0 Å². The third kappa shape index (κ3) is 3.93. The molecule has 5 heteroatoms. The minimum Gasteiger partial charge on any atom is -0.494 e. The summed E-state index contributed by atoms with van der Waals surface area (Å²) >= 11 is 1.71. The average molecular weight is 383 g/mol. The summed E-state index contributed by atoms with van der Waals surface area (Å²) in [5.41, 5.74) is 2.63. The van der Waals surface area contributed by atoms with Gasteiger partial charge in [-0.15, -0.1) is 11.3 Å². The molecule has 1 aliphatic rings. The zero-order valence-corrected chi connectivity index (χ0v) is 16.8. The molecule has 27 heavy (non-hydrogen) atoms. The molecule has 0 unspecified atom stereocenters. The molecule has 0 bridgehead atoms. The van der Waals surface area contributed by atoms with Gasteiger partial charge in [-0.1, -0.05) is 24.6 Å². The van der Waals surface area contributed by atoms with Crippen LogP contribution < -0.4 is 10.3 Å². The smallest absolute Gasteiger partial charge is 0.262 e. The Hall–Kier alpha value is -2.14. The second-order valence-corrected chi connectivity index (χ2v) is 8.73. The highest BCUT2D eigenvalue weighted by molar-refractivity contribution is 7.18. The monoisotopic (exact) mass is 382 g/mol. The highest BCUT2D eigenvalue weighted by Crippen LogP contribution is 2.35. The predicted molar refractivity (Wildman–Crippen MR) is 111 cm³/mol. The van der Waals surface area contributed by atoms with Gasteiger partial charge in [-0.05, 0) is 62.6 Å². The molecule has 2 aromatic heterocycles. The van der Waals surface area contributed by atoms with Crippen molar-refractivity contribution in [2.75, 3.05) is 6.61 Å². The van der Waals surface area contributed by atoms with Crippen molar-refractivity contribution < 1.29 is 4.74 Å². The summed E-state index contributed by atoms with van der Waals surface area (Å²) in [7, 11) is 0. The third-order valence-electron chi connectivity index (χ3n) is 5.37. The number of aryl methyl sites for hydroxylation is 3. The molecule has 142 valence electrons. The summed E-state index contributed by atoms with van der Waals surface area (Å²) < 4.78 is 7.55. The van der Waals surface area contributed by atoms with Gasteiger partial charge in [0.2, 0.25) is 0 Å². The quantitative estimate of drug-likeness (QED) is 0.578. The lowest BCUT2D eigenvalue weighted by Crippen LogP contribution is -2.22. The van der Waals surface area contributed by atoms with E-state index in [1.807, 2.05) is 12.1 Å². The van der Waals surface area contributed by atoms with Crippen molar-refractivity contribution in [1.29, 1.82) is 0 Å². The fourth-order valence-electron chi connectivity index (χ4n) is 3.73. The minimum atomic E-state index is 0.131. The number of thiophene rings is 1. The zero-order valence-electron chi connectivity index (χ0n) is 16.0. The van der Waals surface area contributed by atoms with E-state index in [4.69, 9.17) is 4.74 Å². The third-order valence-corrected chi connectivity index (χ3v) is 6.53. The Morgan fingerprint density at radius 3 is 2.89 bits per heavy atom. The molecule has 3 aromatic rings. The predicted octanol–water partition coefficient (Wildman–Crippen LogP) is 4.75. The number of benzene rings is 1. The average Bonchev–Trinajstić information content (AvgIpc) is 3.03. The fourth-order valence-corrected chi connectivity index (χ4v) is 5.08. The first-order chi connectivity index (χ1) is 13.1. The maximum absolute atomic E-state index is 13.0. The summed E-state index contributed by atoms with van der Waals surface area (Å²) in [6, 6.07) is 8.10. The number of unbranched alkanes of at least 4 members (excludes halogenated alkanes) is 1. The van der Waals surface area contributed by atoms with Crippen LogP contribution in [0, 0.1) is 12.8 Å². The summed E-state index contributed by atoms with van der Waals surface area (Å²) in [6.45, 7) is 5.72. The molecule has 2 heterocycles. The van der Waals surface area contributed by atoms with Crippen LogP contribution in [0.15, 0.2) is 35.4 Å². The lowest BCUT2D eigenvalue weighted by molar-refractivity contribution is 0.302. The van der Waals surface area contributed by atoms with Crippen LogP contribution in [-0.4, -0.2) is 16.2 Å². The molecule has 4 nitrogen and oxygen atoms in total. The molecule has 0 saturated carbocycles. The molecular formula is C22H26N2O2S. The summed E-state index contributed by atoms with van der Waals surface area (Å²) in [4.78, 5) is 19.8. The molecule has 1 atom stereocenters. The van der Waals surface area contributed by atoms with Gasteiger partial charge in [0.25, 0.3) is 5.56 Å². The van der Waals surface area contributed by atoms with E-state index in [0.29, 0.717) is 19.1 Å². The number of fused-ring (bicyclic) bond motifs is 3. The summed E-state index contributed by atoms with van der Waals surface area (Å²) in [5.74, 6) is 1.61. The molecule has 0 radical (unpaired) electrons. The van der Waals surface area contributed by atoms with Gasteiger partial charge in [-0.2, -0.15) is 0 Å². The summed E-state index contributed by atoms with van der Waals surface area (Å²) in [5, 5.41) is 0.875. The second kappa shape index (κ2) is 7.85. The first kappa shape index (κ1) is 18.2. The highest BCUT2D eigenvalue weighted by atomic mass is 32.1. The van der Waals surface area contributed by atoms with E-state index in [9.17, 15) is 4.79 Å². The van der Waals surface area contributed by atoms with Crippen molar-refractivity contribution in [2.24, 2.45) is 5.92 Å². The Balaban J connectivity index is 1.38. The van der Waals surface area contributed by atoms with Gasteiger partial charge in [-0.3, -0.25) is 9.36 Å². The second-order valence-electron chi connectivity index (χ2n) is 7.64. The van der Waals surface area contributed by atoms with Crippen molar-refractivity contribution in [2.45, 2.75) is 52.5 Å². The number of hydrogen-bond donors (Lipinski definition) is 0. The van der Waals surface area contributed by atoms with Crippen molar-refractivity contribution in [3.05, 3.63) is 57.0 Å². The molecule has 0 amide bonds. The Kier molecular flexibility index (Phi) is 5.30. The van der Waals surface area contributed by atoms with Crippen molar-refractivity contribution in [1.82, 2.24) is 9.55 Å². The number of hydrogen-bond acceptors (Lipinski definition) is 4. The van der Waals surface area contributed by atoms with E-state index in [-0.39, 0.29) is 5.56 Å². The molecule has 4 rings (SSSR count). The van der Waals surface area contributed by atoms with Crippen LogP contribution in [0.2, 0.25) is 0 Å². The molecule has 0 spiro atoms. The van der Waals surface area contributed by atoms with Crippen molar-refractivity contribution in [3.63, 3.8) is 0 Å². The summed E-state index contributed by atoms with van der Waals surface area (Å²) in [6.07, 6.45) is 6.81. The molecule has 1 aromatic carbocycles. The Morgan fingerprint density at radius 2 is 2.07 bits per heavy atom. The van der Waals surface area contributed by atoms with Crippen molar-refractivity contribution >= 4 is 21.6 Å². The van der Waals surface area contributed by atoms with Gasteiger partial charge in [0.1, 0.15) is 10.6 Å². The Labute approximate surface area is 163 Å². The molecular weight excluding hydrogens is 356 g/mol. The van der Waals surface area contributed by atoms with Gasteiger partial charge in [0.15, 0.2) is 0 Å². The Bertz CT molecular complexity index is 988. The van der Waals surface area contributed by atoms with Gasteiger partial charge < -0.3 is 4.74 Å². The molecule has 0 saturated heterocycles. The van der Waals surface area contributed by atoms with Crippen LogP contribution in [0.3, 0.4) is 0 Å². The molecule has 0 aliphatic heterocycles. The van der Waals surface area contributed by atoms with Crippen molar-refractivity contribution in [3.8, 4) is 5.75 Å². The first-order valence-electron chi connectivity index (χ1n) is 9.81. The number of ether oxygens (including phenoxy) is 1. The van der Waals surface area contributed by atoms with Crippen LogP contribution in [0.25, 0.3) is 10.2 Å². The van der Waals surface area contributed by atoms with E-state index in [0.717, 1.165) is 41.6 Å². The van der Waals surface area contributed by atoms with Gasteiger partial charge in [0.05, 0.1) is 18.3 Å². The number of aromatic nitrogens is 2. The molecule has 0 N–H and O–H groups in total. The minimum absolute atomic E-state index is 0.131. The lowest BCUT2D eigenvalue weighted by atomic mass is 9.89. The van der Waals surface area contributed by atoms with E-state index >= 15 is 0 Å². The molecule has 1 aliphatic carbocycles. The maximum atomic E-state index is 13.0. The van der Waals surface area contributed by atoms with Gasteiger partial charge in [-0.25, -0.2) is 4.98 Å².